The van der Waals surface area contributed by atoms with Crippen LogP contribution in [0.1, 0.15) is 108 Å². The van der Waals surface area contributed by atoms with E-state index < -0.39 is 28.7 Å². The monoisotopic (exact) mass is 659 g/mol. The van der Waals surface area contributed by atoms with E-state index in [1.165, 1.54) is 0 Å². The van der Waals surface area contributed by atoms with Gasteiger partial charge in [0, 0.05) is 19.3 Å². The normalized spacial score (nSPS) is 16.8. The van der Waals surface area contributed by atoms with Crippen LogP contribution in [0.2, 0.25) is 34.8 Å². The van der Waals surface area contributed by atoms with Crippen molar-refractivity contribution in [3.63, 3.8) is 0 Å². The summed E-state index contributed by atoms with van der Waals surface area (Å²) >= 11 is 0. The third kappa shape index (κ3) is 11.7. The van der Waals surface area contributed by atoms with Crippen LogP contribution in [0.25, 0.3) is 6.08 Å². The van der Waals surface area contributed by atoms with Gasteiger partial charge in [0.05, 0.1) is 18.8 Å². The number of oxazole rings is 1. The number of nitrogens with zero attached hydrogens (tertiary/aromatic N) is 1. The van der Waals surface area contributed by atoms with Gasteiger partial charge in [0.25, 0.3) is 0 Å². The van der Waals surface area contributed by atoms with E-state index in [4.69, 9.17) is 13.3 Å². The molecule has 8 heteroatoms. The lowest BCUT2D eigenvalue weighted by Gasteiger charge is -2.45. The Labute approximate surface area is 277 Å². The number of carbonyl (C=O) groups excluding carboxylic acids is 1. The van der Waals surface area contributed by atoms with Crippen molar-refractivity contribution in [1.82, 2.24) is 4.98 Å². The number of rotatable bonds is 17. The Bertz CT molecular complexity index is 1190. The molecule has 0 aliphatic carbocycles. The Hall–Kier alpha value is -1.85. The SMILES string of the molecule is CC(/C=C/C=C(\C)C(=O)[C@@H](C)[C@@H](O)C[C@H](O[Si](C(C)C)(C(C)C)C(C)C)/C(C)=C/CO[Si](C)(C)C(C)(C)C)=C\c1coc(C)n1. The Morgan fingerprint density at radius 3 is 2.04 bits per heavy atom. The van der Waals surface area contributed by atoms with Gasteiger partial charge in [-0.15, -0.1) is 0 Å². The third-order valence-corrected chi connectivity index (χ3v) is 20.4. The average Bonchev–Trinajstić information content (AvgIpc) is 3.32. The van der Waals surface area contributed by atoms with Crippen LogP contribution in [0.15, 0.2) is 51.7 Å². The van der Waals surface area contributed by atoms with Crippen LogP contribution in [0.3, 0.4) is 0 Å². The van der Waals surface area contributed by atoms with Crippen LogP contribution in [0.4, 0.5) is 0 Å². The molecule has 0 amide bonds. The predicted molar refractivity (Wildman–Crippen MR) is 195 cm³/mol. The fraction of sp³-hybridized carbons (Fsp3) is 0.676. The minimum Gasteiger partial charge on any atom is -0.449 e. The molecule has 3 atom stereocenters. The summed E-state index contributed by atoms with van der Waals surface area (Å²) in [6, 6.07) is 0. The van der Waals surface area contributed by atoms with Gasteiger partial charge in [-0.25, -0.2) is 4.98 Å². The molecular formula is C37H65NO5Si2. The fourth-order valence-electron chi connectivity index (χ4n) is 5.82. The standard InChI is InChI=1S/C37H65NO5Si2/c1-25(2)45(26(3)4,27(5)6)43-35(29(8)20-21-42-44(15,16)37(12,13)14)23-34(39)31(10)36(40)30(9)19-17-18-28(7)22-33-24-41-32(11)38-33/h17-20,22,24-27,31,34-35,39H,21,23H2,1-16H3/b18-17+,28-22+,29-20+,30-19+/t31-,34-,35-/m0/s1. The molecule has 0 unspecified atom stereocenters. The van der Waals surface area contributed by atoms with Gasteiger partial charge in [0.1, 0.15) is 12.0 Å². The van der Waals surface area contributed by atoms with Gasteiger partial charge in [-0.05, 0) is 78.3 Å². The number of aryl methyl sites for hydroxylation is 1. The quantitative estimate of drug-likeness (QED) is 0.0776. The van der Waals surface area contributed by atoms with Crippen LogP contribution in [0, 0.1) is 12.8 Å². The van der Waals surface area contributed by atoms with Gasteiger partial charge >= 0.3 is 0 Å². The van der Waals surface area contributed by atoms with Crippen LogP contribution < -0.4 is 0 Å². The summed E-state index contributed by atoms with van der Waals surface area (Å²) in [5.41, 5.74) is 4.61. The van der Waals surface area contributed by atoms with Gasteiger partial charge in [0.2, 0.25) is 8.32 Å². The molecule has 0 bridgehead atoms. The van der Waals surface area contributed by atoms with Crippen LogP contribution in [0.5, 0.6) is 0 Å². The van der Waals surface area contributed by atoms with E-state index in [-0.39, 0.29) is 16.9 Å². The average molecular weight is 660 g/mol. The highest BCUT2D eigenvalue weighted by Gasteiger charge is 2.47. The molecule has 0 saturated heterocycles. The Balaban J connectivity index is 3.24. The van der Waals surface area contributed by atoms with E-state index in [1.54, 1.807) is 6.26 Å². The van der Waals surface area contributed by atoms with Gasteiger partial charge < -0.3 is 18.4 Å². The largest absolute Gasteiger partial charge is 0.449 e. The molecule has 1 aromatic rings. The molecule has 45 heavy (non-hydrogen) atoms. The van der Waals surface area contributed by atoms with Gasteiger partial charge in [-0.3, -0.25) is 4.79 Å². The molecule has 0 radical (unpaired) electrons. The zero-order chi connectivity index (χ0) is 34.9. The first-order valence-corrected chi connectivity index (χ1v) is 21.8. The number of hydrogen-bond donors (Lipinski definition) is 1. The molecule has 1 aromatic heterocycles. The van der Waals surface area contributed by atoms with Crippen molar-refractivity contribution >= 4 is 28.5 Å². The number of Topliss-reactive ketones (excluding diaryl/α,β-unsaturated/α-hetero) is 1. The summed E-state index contributed by atoms with van der Waals surface area (Å²) in [5.74, 6) is -0.0157. The highest BCUT2D eigenvalue weighted by molar-refractivity contribution is 6.77. The van der Waals surface area contributed by atoms with E-state index in [0.717, 1.165) is 16.8 Å². The molecule has 0 aromatic carbocycles. The molecule has 256 valence electrons. The molecule has 0 fully saturated rings. The highest BCUT2D eigenvalue weighted by atomic mass is 28.4. The van der Waals surface area contributed by atoms with Crippen molar-refractivity contribution in [3.8, 4) is 0 Å². The van der Waals surface area contributed by atoms with Crippen LogP contribution >= 0.6 is 0 Å². The first-order chi connectivity index (χ1) is 20.6. The molecular weight excluding hydrogens is 595 g/mol. The van der Waals surface area contributed by atoms with Crippen molar-refractivity contribution < 1.29 is 23.2 Å². The smallest absolute Gasteiger partial charge is 0.201 e. The topological polar surface area (TPSA) is 81.8 Å². The second kappa shape index (κ2) is 17.3. The second-order valence-corrected chi connectivity index (χ2v) is 25.5. The first kappa shape index (κ1) is 41.2. The van der Waals surface area contributed by atoms with Crippen LogP contribution in [-0.2, 0) is 13.6 Å². The Morgan fingerprint density at radius 1 is 1.02 bits per heavy atom. The lowest BCUT2D eigenvalue weighted by atomic mass is 9.90. The number of ketones is 1. The third-order valence-electron chi connectivity index (χ3n) is 9.77. The molecule has 6 nitrogen and oxygen atoms in total. The van der Waals surface area contributed by atoms with Crippen molar-refractivity contribution in [3.05, 3.63) is 58.9 Å². The minimum absolute atomic E-state index is 0.0670. The molecule has 1 N–H and O–H groups in total. The highest BCUT2D eigenvalue weighted by Crippen LogP contribution is 2.44. The lowest BCUT2D eigenvalue weighted by molar-refractivity contribution is -0.122. The van der Waals surface area contributed by atoms with Gasteiger partial charge in [-0.1, -0.05) is 93.5 Å². The Kier molecular flexibility index (Phi) is 15.9. The first-order valence-electron chi connectivity index (χ1n) is 16.7. The predicted octanol–water partition coefficient (Wildman–Crippen LogP) is 10.4. The molecule has 0 saturated carbocycles. The maximum Gasteiger partial charge on any atom is 0.201 e. The van der Waals surface area contributed by atoms with Crippen LogP contribution in [-0.4, -0.2) is 51.3 Å². The summed E-state index contributed by atoms with van der Waals surface area (Å²) in [7, 11) is -4.19. The van der Waals surface area contributed by atoms with Gasteiger partial charge in [-0.2, -0.15) is 0 Å². The molecule has 0 spiro atoms. The van der Waals surface area contributed by atoms with E-state index in [9.17, 15) is 9.90 Å². The summed E-state index contributed by atoms with van der Waals surface area (Å²) < 4.78 is 19.0. The van der Waals surface area contributed by atoms with Gasteiger partial charge in [0.15, 0.2) is 20.0 Å². The molecule has 0 aliphatic rings. The molecule has 1 heterocycles. The number of aliphatic hydroxyl groups is 1. The number of hydrogen-bond acceptors (Lipinski definition) is 6. The van der Waals surface area contributed by atoms with Crippen molar-refractivity contribution in [2.24, 2.45) is 5.92 Å². The summed E-state index contributed by atoms with van der Waals surface area (Å²) in [6.45, 7) is 34.9. The lowest BCUT2D eigenvalue weighted by Crippen LogP contribution is -2.51. The minimum atomic E-state index is -2.27. The molecule has 1 rings (SSSR count). The number of aliphatic hydroxyl groups excluding tert-OH is 1. The summed E-state index contributed by atoms with van der Waals surface area (Å²) in [4.78, 5) is 17.7. The zero-order valence-electron chi connectivity index (χ0n) is 31.4. The number of allylic oxidation sites excluding steroid dienone is 5. The summed E-state index contributed by atoms with van der Waals surface area (Å²) in [5, 5.41) is 11.6. The maximum atomic E-state index is 13.4. The van der Waals surface area contributed by atoms with Crippen molar-refractivity contribution in [2.45, 2.75) is 150 Å². The number of carbonyl (C=O) groups is 1. The number of aromatic nitrogens is 1. The van der Waals surface area contributed by atoms with Crippen molar-refractivity contribution in [2.75, 3.05) is 6.61 Å². The maximum absolute atomic E-state index is 13.4. The fourth-order valence-corrected chi connectivity index (χ4v) is 12.3. The second-order valence-electron chi connectivity index (χ2n) is 15.3. The van der Waals surface area contributed by atoms with E-state index in [2.05, 4.69) is 93.4 Å². The van der Waals surface area contributed by atoms with E-state index in [0.29, 0.717) is 41.1 Å². The Morgan fingerprint density at radius 2 is 1.58 bits per heavy atom. The zero-order valence-corrected chi connectivity index (χ0v) is 33.4. The summed E-state index contributed by atoms with van der Waals surface area (Å²) in [6.07, 6.45) is 10.5. The van der Waals surface area contributed by atoms with Crippen molar-refractivity contribution in [1.29, 1.82) is 0 Å². The van der Waals surface area contributed by atoms with E-state index in [1.807, 2.05) is 52.0 Å². The van der Waals surface area contributed by atoms with E-state index >= 15 is 0 Å². The molecule has 0 aliphatic heterocycles.